The summed E-state index contributed by atoms with van der Waals surface area (Å²) in [6.45, 7) is 2.89. The third-order valence-electron chi connectivity index (χ3n) is 3.58. The molecule has 0 amide bonds. The third kappa shape index (κ3) is 3.08. The molecule has 1 fully saturated rings. The first-order chi connectivity index (χ1) is 8.33. The molecule has 2 rings (SSSR count). The highest BCUT2D eigenvalue weighted by Crippen LogP contribution is 2.38. The first-order valence-electron chi connectivity index (χ1n) is 6.67. The molecule has 94 valence electrons. The van der Waals surface area contributed by atoms with Gasteiger partial charge in [0.1, 0.15) is 0 Å². The van der Waals surface area contributed by atoms with E-state index in [4.69, 9.17) is 4.74 Å². The van der Waals surface area contributed by atoms with Crippen molar-refractivity contribution in [1.82, 2.24) is 0 Å². The molecule has 1 aliphatic rings. The highest BCUT2D eigenvalue weighted by molar-refractivity contribution is 5.20. The quantitative estimate of drug-likeness (QED) is 0.765. The maximum absolute atomic E-state index is 10.1. The number of aliphatic hydroxyl groups excluding tert-OH is 1. The summed E-state index contributed by atoms with van der Waals surface area (Å²) >= 11 is 0. The zero-order valence-corrected chi connectivity index (χ0v) is 10.5. The van der Waals surface area contributed by atoms with Crippen LogP contribution in [-0.4, -0.2) is 17.8 Å². The number of benzene rings is 1. The molecule has 3 unspecified atom stereocenters. The molecule has 0 aliphatic carbocycles. The highest BCUT2D eigenvalue weighted by Gasteiger charge is 2.38. The van der Waals surface area contributed by atoms with Crippen LogP contribution in [0.25, 0.3) is 0 Å². The fourth-order valence-corrected chi connectivity index (χ4v) is 2.42. The molecule has 3 atom stereocenters. The van der Waals surface area contributed by atoms with Crippen molar-refractivity contribution in [2.75, 3.05) is 6.61 Å². The summed E-state index contributed by atoms with van der Waals surface area (Å²) < 4.78 is 5.60. The first kappa shape index (κ1) is 12.6. The molecule has 1 aromatic carbocycles. The van der Waals surface area contributed by atoms with E-state index in [0.717, 1.165) is 12.8 Å². The molecule has 0 saturated carbocycles. The smallest absolute Gasteiger partial charge is 0.0900 e. The molecule has 0 aromatic heterocycles. The van der Waals surface area contributed by atoms with Gasteiger partial charge in [0.05, 0.1) is 18.8 Å². The molecule has 0 radical (unpaired) electrons. The molecular formula is C15H22O2. The predicted octanol–water partition coefficient (Wildman–Crippen LogP) is 3.32. The maximum Gasteiger partial charge on any atom is 0.0900 e. The van der Waals surface area contributed by atoms with Crippen molar-refractivity contribution >= 4 is 0 Å². The van der Waals surface area contributed by atoms with Crippen molar-refractivity contribution in [3.8, 4) is 0 Å². The van der Waals surface area contributed by atoms with Crippen molar-refractivity contribution in [1.29, 1.82) is 0 Å². The van der Waals surface area contributed by atoms with Gasteiger partial charge in [-0.2, -0.15) is 0 Å². The van der Waals surface area contributed by atoms with Gasteiger partial charge in [0.25, 0.3) is 0 Å². The number of rotatable bonds is 6. The highest BCUT2D eigenvalue weighted by atomic mass is 16.5. The molecule has 2 heteroatoms. The van der Waals surface area contributed by atoms with Crippen molar-refractivity contribution in [3.05, 3.63) is 35.9 Å². The molecule has 17 heavy (non-hydrogen) atoms. The Morgan fingerprint density at radius 1 is 1.29 bits per heavy atom. The Morgan fingerprint density at radius 3 is 2.65 bits per heavy atom. The fraction of sp³-hybridized carbons (Fsp3) is 0.600. The Labute approximate surface area is 104 Å². The van der Waals surface area contributed by atoms with E-state index in [1.807, 2.05) is 18.2 Å². The van der Waals surface area contributed by atoms with Crippen LogP contribution >= 0.6 is 0 Å². The summed E-state index contributed by atoms with van der Waals surface area (Å²) in [5.41, 5.74) is 1.19. The zero-order chi connectivity index (χ0) is 12.1. The summed E-state index contributed by atoms with van der Waals surface area (Å²) in [6.07, 6.45) is 4.34. The Kier molecular flexibility index (Phi) is 4.57. The SMILES string of the molecule is CCCCCC(O)C1COC1c1ccccc1. The van der Waals surface area contributed by atoms with Gasteiger partial charge in [0.2, 0.25) is 0 Å². The second kappa shape index (κ2) is 6.18. The van der Waals surface area contributed by atoms with E-state index in [0.29, 0.717) is 6.61 Å². The van der Waals surface area contributed by atoms with Gasteiger partial charge in [-0.3, -0.25) is 0 Å². The molecule has 1 aliphatic heterocycles. The number of hydrogen-bond acceptors (Lipinski definition) is 2. The van der Waals surface area contributed by atoms with E-state index in [9.17, 15) is 5.11 Å². The van der Waals surface area contributed by atoms with Crippen LogP contribution in [0.3, 0.4) is 0 Å². The number of aliphatic hydroxyl groups is 1. The Bertz CT molecular complexity index is 323. The molecule has 1 saturated heterocycles. The van der Waals surface area contributed by atoms with Crippen molar-refractivity contribution in [3.63, 3.8) is 0 Å². The Balaban J connectivity index is 1.86. The lowest BCUT2D eigenvalue weighted by Gasteiger charge is -2.40. The third-order valence-corrected chi connectivity index (χ3v) is 3.58. The maximum atomic E-state index is 10.1. The Morgan fingerprint density at radius 2 is 2.06 bits per heavy atom. The minimum absolute atomic E-state index is 0.104. The largest absolute Gasteiger partial charge is 0.393 e. The monoisotopic (exact) mass is 234 g/mol. The minimum Gasteiger partial charge on any atom is -0.393 e. The van der Waals surface area contributed by atoms with Gasteiger partial charge in [0.15, 0.2) is 0 Å². The second-order valence-electron chi connectivity index (χ2n) is 4.89. The van der Waals surface area contributed by atoms with Gasteiger partial charge in [0, 0.05) is 5.92 Å². The standard InChI is InChI=1S/C15H22O2/c1-2-3-5-10-14(16)13-11-17-15(13)12-8-6-4-7-9-12/h4,6-9,13-16H,2-3,5,10-11H2,1H3. The summed E-state index contributed by atoms with van der Waals surface area (Å²) in [5, 5.41) is 10.1. The van der Waals surface area contributed by atoms with Crippen LogP contribution in [0.4, 0.5) is 0 Å². The Hall–Kier alpha value is -0.860. The van der Waals surface area contributed by atoms with E-state index >= 15 is 0 Å². The molecule has 2 nitrogen and oxygen atoms in total. The van der Waals surface area contributed by atoms with Crippen molar-refractivity contribution in [2.24, 2.45) is 5.92 Å². The lowest BCUT2D eigenvalue weighted by atomic mass is 9.85. The van der Waals surface area contributed by atoms with Crippen LogP contribution in [-0.2, 0) is 4.74 Å². The normalized spacial score (nSPS) is 25.3. The summed E-state index contributed by atoms with van der Waals surface area (Å²) in [5.74, 6) is 0.286. The van der Waals surface area contributed by atoms with E-state index < -0.39 is 0 Å². The van der Waals surface area contributed by atoms with Gasteiger partial charge in [-0.05, 0) is 12.0 Å². The van der Waals surface area contributed by atoms with Crippen molar-refractivity contribution < 1.29 is 9.84 Å². The summed E-state index contributed by atoms with van der Waals surface area (Å²) in [4.78, 5) is 0. The van der Waals surface area contributed by atoms with Crippen LogP contribution < -0.4 is 0 Å². The summed E-state index contributed by atoms with van der Waals surface area (Å²) in [7, 11) is 0. The number of hydrogen-bond donors (Lipinski definition) is 1. The van der Waals surface area contributed by atoms with Crippen LogP contribution in [0.15, 0.2) is 30.3 Å². The number of unbranched alkanes of at least 4 members (excludes halogenated alkanes) is 2. The molecule has 1 aromatic rings. The average molecular weight is 234 g/mol. The fourth-order valence-electron chi connectivity index (χ4n) is 2.42. The minimum atomic E-state index is -0.208. The first-order valence-corrected chi connectivity index (χ1v) is 6.67. The van der Waals surface area contributed by atoms with E-state index in [1.54, 1.807) is 0 Å². The zero-order valence-electron chi connectivity index (χ0n) is 10.5. The van der Waals surface area contributed by atoms with Gasteiger partial charge in [-0.15, -0.1) is 0 Å². The number of ether oxygens (including phenoxy) is 1. The van der Waals surface area contributed by atoms with E-state index in [-0.39, 0.29) is 18.1 Å². The molecule has 1 heterocycles. The predicted molar refractivity (Wildman–Crippen MR) is 68.8 cm³/mol. The lowest BCUT2D eigenvalue weighted by molar-refractivity contribution is -0.162. The lowest BCUT2D eigenvalue weighted by Crippen LogP contribution is -2.40. The van der Waals surface area contributed by atoms with Gasteiger partial charge < -0.3 is 9.84 Å². The van der Waals surface area contributed by atoms with Crippen molar-refractivity contribution in [2.45, 2.75) is 44.8 Å². The molecule has 1 N–H and O–H groups in total. The second-order valence-corrected chi connectivity index (χ2v) is 4.89. The summed E-state index contributed by atoms with van der Waals surface area (Å²) in [6, 6.07) is 10.2. The van der Waals surface area contributed by atoms with Crippen LogP contribution in [0.1, 0.15) is 44.3 Å². The average Bonchev–Trinajstić information content (AvgIpc) is 2.29. The van der Waals surface area contributed by atoms with E-state index in [2.05, 4.69) is 19.1 Å². The molecule has 0 spiro atoms. The molecular weight excluding hydrogens is 212 g/mol. The van der Waals surface area contributed by atoms with E-state index in [1.165, 1.54) is 18.4 Å². The topological polar surface area (TPSA) is 29.5 Å². The van der Waals surface area contributed by atoms with Crippen LogP contribution in [0, 0.1) is 5.92 Å². The van der Waals surface area contributed by atoms with Crippen LogP contribution in [0.2, 0.25) is 0 Å². The molecule has 0 bridgehead atoms. The van der Waals surface area contributed by atoms with Crippen LogP contribution in [0.5, 0.6) is 0 Å². The van der Waals surface area contributed by atoms with Gasteiger partial charge in [-0.1, -0.05) is 56.5 Å². The van der Waals surface area contributed by atoms with Gasteiger partial charge in [-0.25, -0.2) is 0 Å². The van der Waals surface area contributed by atoms with Gasteiger partial charge >= 0.3 is 0 Å².